The maximum Gasteiger partial charge on any atom is 0.234 e. The topological polar surface area (TPSA) is 57.3 Å². The van der Waals surface area contributed by atoms with Crippen molar-refractivity contribution in [1.29, 1.82) is 0 Å². The molecule has 2 rings (SSSR count). The van der Waals surface area contributed by atoms with Gasteiger partial charge in [-0.05, 0) is 38.8 Å². The Hall–Kier alpha value is -1.62. The van der Waals surface area contributed by atoms with Gasteiger partial charge in [0.2, 0.25) is 5.91 Å². The van der Waals surface area contributed by atoms with Crippen LogP contribution in [-0.4, -0.2) is 42.6 Å². The van der Waals surface area contributed by atoms with E-state index in [2.05, 4.69) is 20.5 Å². The van der Waals surface area contributed by atoms with Crippen molar-refractivity contribution in [1.82, 2.24) is 15.6 Å². The van der Waals surface area contributed by atoms with Gasteiger partial charge in [0.1, 0.15) is 5.82 Å². The Bertz CT molecular complexity index is 413. The van der Waals surface area contributed by atoms with Gasteiger partial charge in [-0.15, -0.1) is 0 Å². The Morgan fingerprint density at radius 1 is 1.40 bits per heavy atom. The third-order valence-corrected chi connectivity index (χ3v) is 3.47. The van der Waals surface area contributed by atoms with E-state index < -0.39 is 0 Å². The van der Waals surface area contributed by atoms with E-state index in [0.29, 0.717) is 12.6 Å². The van der Waals surface area contributed by atoms with Crippen LogP contribution >= 0.6 is 0 Å². The van der Waals surface area contributed by atoms with Crippen molar-refractivity contribution >= 4 is 11.7 Å². The van der Waals surface area contributed by atoms with Crippen molar-refractivity contribution < 1.29 is 4.79 Å². The van der Waals surface area contributed by atoms with Crippen LogP contribution in [0.4, 0.5) is 5.82 Å². The van der Waals surface area contributed by atoms with Crippen LogP contribution in [0.3, 0.4) is 0 Å². The molecule has 0 aromatic carbocycles. The van der Waals surface area contributed by atoms with Crippen molar-refractivity contribution in [3.63, 3.8) is 0 Å². The molecule has 2 heterocycles. The molecular formula is C15H24N4O. The van der Waals surface area contributed by atoms with Crippen LogP contribution in [0, 0.1) is 0 Å². The number of anilines is 1. The number of carbonyl (C=O) groups excluding carboxylic acids is 1. The summed E-state index contributed by atoms with van der Waals surface area (Å²) < 4.78 is 0. The largest absolute Gasteiger partial charge is 0.357 e. The zero-order chi connectivity index (χ0) is 14.4. The molecule has 5 heteroatoms. The van der Waals surface area contributed by atoms with Gasteiger partial charge in [0.05, 0.1) is 6.54 Å². The fraction of sp³-hybridized carbons (Fsp3) is 0.600. The molecule has 0 atom stereocenters. The number of hydrogen-bond donors (Lipinski definition) is 2. The first-order chi connectivity index (χ1) is 9.65. The van der Waals surface area contributed by atoms with Gasteiger partial charge in [-0.3, -0.25) is 4.79 Å². The summed E-state index contributed by atoms with van der Waals surface area (Å²) in [6.45, 7) is 6.33. The Balaban J connectivity index is 1.71. The second kappa shape index (κ2) is 7.24. The van der Waals surface area contributed by atoms with Crippen molar-refractivity contribution in [3.05, 3.63) is 24.4 Å². The van der Waals surface area contributed by atoms with E-state index in [-0.39, 0.29) is 11.9 Å². The van der Waals surface area contributed by atoms with Gasteiger partial charge in [0.25, 0.3) is 0 Å². The molecule has 1 fully saturated rings. The normalized spacial score (nSPS) is 16.4. The predicted molar refractivity (Wildman–Crippen MR) is 80.8 cm³/mol. The fourth-order valence-electron chi connectivity index (χ4n) is 2.46. The van der Waals surface area contributed by atoms with Gasteiger partial charge in [0, 0.05) is 31.4 Å². The quantitative estimate of drug-likeness (QED) is 0.847. The molecule has 0 spiro atoms. The number of pyridine rings is 1. The maximum atomic E-state index is 11.6. The molecule has 1 aliphatic heterocycles. The Labute approximate surface area is 120 Å². The molecule has 110 valence electrons. The van der Waals surface area contributed by atoms with E-state index in [4.69, 9.17) is 0 Å². The molecule has 0 bridgehead atoms. The van der Waals surface area contributed by atoms with Crippen LogP contribution in [0.25, 0.3) is 0 Å². The molecule has 1 aliphatic rings. The first-order valence-electron chi connectivity index (χ1n) is 7.34. The average Bonchev–Trinajstić information content (AvgIpc) is 2.46. The Morgan fingerprint density at radius 3 is 2.75 bits per heavy atom. The molecule has 0 aliphatic carbocycles. The van der Waals surface area contributed by atoms with Gasteiger partial charge in [-0.1, -0.05) is 6.07 Å². The average molecular weight is 276 g/mol. The smallest absolute Gasteiger partial charge is 0.234 e. The standard InChI is InChI=1S/C15H24N4O/c1-12(2)18-15(20)11-17-13-6-9-19(10-7-13)14-5-3-4-8-16-14/h3-5,8,12-13,17H,6-7,9-11H2,1-2H3,(H,18,20). The zero-order valence-corrected chi connectivity index (χ0v) is 12.3. The van der Waals surface area contributed by atoms with Gasteiger partial charge in [0.15, 0.2) is 0 Å². The van der Waals surface area contributed by atoms with Crippen molar-refractivity contribution in [3.8, 4) is 0 Å². The minimum Gasteiger partial charge on any atom is -0.357 e. The molecule has 5 nitrogen and oxygen atoms in total. The fourth-order valence-corrected chi connectivity index (χ4v) is 2.46. The molecule has 0 saturated carbocycles. The number of hydrogen-bond acceptors (Lipinski definition) is 4. The number of carbonyl (C=O) groups is 1. The first kappa shape index (κ1) is 14.8. The van der Waals surface area contributed by atoms with Gasteiger partial charge in [-0.2, -0.15) is 0 Å². The van der Waals surface area contributed by atoms with Crippen molar-refractivity contribution in [2.24, 2.45) is 0 Å². The molecule has 1 aromatic heterocycles. The summed E-state index contributed by atoms with van der Waals surface area (Å²) in [4.78, 5) is 18.3. The van der Waals surface area contributed by atoms with Crippen molar-refractivity contribution in [2.75, 3.05) is 24.5 Å². The van der Waals surface area contributed by atoms with E-state index in [1.807, 2.05) is 38.2 Å². The highest BCUT2D eigenvalue weighted by Crippen LogP contribution is 2.16. The Morgan fingerprint density at radius 2 is 2.15 bits per heavy atom. The lowest BCUT2D eigenvalue weighted by Gasteiger charge is -2.33. The minimum absolute atomic E-state index is 0.0761. The van der Waals surface area contributed by atoms with Gasteiger partial charge >= 0.3 is 0 Å². The third-order valence-electron chi connectivity index (χ3n) is 3.47. The van der Waals surface area contributed by atoms with Gasteiger partial charge in [-0.25, -0.2) is 4.98 Å². The highest BCUT2D eigenvalue weighted by atomic mass is 16.1. The molecule has 0 radical (unpaired) electrons. The van der Waals surface area contributed by atoms with Crippen LogP contribution in [-0.2, 0) is 4.79 Å². The lowest BCUT2D eigenvalue weighted by Crippen LogP contribution is -2.46. The molecule has 1 aromatic rings. The monoisotopic (exact) mass is 276 g/mol. The minimum atomic E-state index is 0.0761. The summed E-state index contributed by atoms with van der Waals surface area (Å²) in [5, 5.41) is 6.23. The van der Waals surface area contributed by atoms with Crippen LogP contribution < -0.4 is 15.5 Å². The highest BCUT2D eigenvalue weighted by Gasteiger charge is 2.20. The number of aromatic nitrogens is 1. The molecule has 1 saturated heterocycles. The third kappa shape index (κ3) is 4.49. The van der Waals surface area contributed by atoms with E-state index >= 15 is 0 Å². The van der Waals surface area contributed by atoms with E-state index in [1.54, 1.807) is 0 Å². The SMILES string of the molecule is CC(C)NC(=O)CNC1CCN(c2ccccn2)CC1. The molecular weight excluding hydrogens is 252 g/mol. The van der Waals surface area contributed by atoms with Crippen LogP contribution in [0.2, 0.25) is 0 Å². The highest BCUT2D eigenvalue weighted by molar-refractivity contribution is 5.78. The second-order valence-electron chi connectivity index (χ2n) is 5.55. The molecule has 2 N–H and O–H groups in total. The van der Waals surface area contributed by atoms with E-state index in [0.717, 1.165) is 31.7 Å². The number of nitrogens with one attached hydrogen (secondary N) is 2. The first-order valence-corrected chi connectivity index (χ1v) is 7.34. The molecule has 20 heavy (non-hydrogen) atoms. The Kier molecular flexibility index (Phi) is 5.35. The van der Waals surface area contributed by atoms with Crippen LogP contribution in [0.1, 0.15) is 26.7 Å². The zero-order valence-electron chi connectivity index (χ0n) is 12.3. The lowest BCUT2D eigenvalue weighted by molar-refractivity contribution is -0.120. The predicted octanol–water partition coefficient (Wildman–Crippen LogP) is 1.16. The number of nitrogens with zero attached hydrogens (tertiary/aromatic N) is 2. The summed E-state index contributed by atoms with van der Waals surface area (Å²) in [5.74, 6) is 1.12. The maximum absolute atomic E-state index is 11.6. The summed E-state index contributed by atoms with van der Waals surface area (Å²) in [6, 6.07) is 6.63. The molecule has 0 unspecified atom stereocenters. The van der Waals surface area contributed by atoms with Crippen LogP contribution in [0.15, 0.2) is 24.4 Å². The second-order valence-corrected chi connectivity index (χ2v) is 5.55. The number of rotatable bonds is 5. The van der Waals surface area contributed by atoms with E-state index in [9.17, 15) is 4.79 Å². The number of amides is 1. The summed E-state index contributed by atoms with van der Waals surface area (Å²) in [6.07, 6.45) is 3.92. The summed E-state index contributed by atoms with van der Waals surface area (Å²) >= 11 is 0. The lowest BCUT2D eigenvalue weighted by atomic mass is 10.1. The summed E-state index contributed by atoms with van der Waals surface area (Å²) in [7, 11) is 0. The number of piperidine rings is 1. The van der Waals surface area contributed by atoms with Crippen molar-refractivity contribution in [2.45, 2.75) is 38.8 Å². The molecule has 1 amide bonds. The van der Waals surface area contributed by atoms with Gasteiger partial charge < -0.3 is 15.5 Å². The van der Waals surface area contributed by atoms with Crippen LogP contribution in [0.5, 0.6) is 0 Å². The summed E-state index contributed by atoms with van der Waals surface area (Å²) in [5.41, 5.74) is 0. The van der Waals surface area contributed by atoms with E-state index in [1.165, 1.54) is 0 Å².